The number of rotatable bonds is 4. The Morgan fingerprint density at radius 3 is 2.57 bits per heavy atom. The highest BCUT2D eigenvalue weighted by Gasteiger charge is 2.50. The summed E-state index contributed by atoms with van der Waals surface area (Å²) in [5, 5.41) is 5.01. The van der Waals surface area contributed by atoms with E-state index in [0.717, 1.165) is 16.9 Å². The second-order valence-electron chi connectivity index (χ2n) is 7.05. The van der Waals surface area contributed by atoms with Crippen molar-refractivity contribution in [1.82, 2.24) is 9.78 Å². The first-order valence-corrected chi connectivity index (χ1v) is 9.13. The van der Waals surface area contributed by atoms with Gasteiger partial charge in [-0.2, -0.15) is 5.10 Å². The van der Waals surface area contributed by atoms with Crippen LogP contribution in [-0.4, -0.2) is 21.5 Å². The van der Waals surface area contributed by atoms with Crippen molar-refractivity contribution in [3.05, 3.63) is 81.9 Å². The normalized spacial score (nSPS) is 18.1. The third kappa shape index (κ3) is 2.72. The van der Waals surface area contributed by atoms with Gasteiger partial charge in [-0.25, -0.2) is 9.07 Å². The fourth-order valence-corrected chi connectivity index (χ4v) is 4.18. The van der Waals surface area contributed by atoms with Crippen molar-refractivity contribution in [2.75, 3.05) is 0 Å². The summed E-state index contributed by atoms with van der Waals surface area (Å²) in [6.07, 6.45) is 2.12. The molecule has 2 aromatic carbocycles. The summed E-state index contributed by atoms with van der Waals surface area (Å²) in [5.41, 5.74) is 7.36. The van der Waals surface area contributed by atoms with Crippen LogP contribution < -0.4 is 5.73 Å². The summed E-state index contributed by atoms with van der Waals surface area (Å²) >= 11 is 5.96. The van der Waals surface area contributed by atoms with Gasteiger partial charge in [0, 0.05) is 17.1 Å². The highest BCUT2D eigenvalue weighted by Crippen LogP contribution is 2.43. The Bertz CT molecular complexity index is 1110. The first-order chi connectivity index (χ1) is 13.3. The van der Waals surface area contributed by atoms with Crippen LogP contribution in [0.25, 0.3) is 5.69 Å². The fourth-order valence-electron chi connectivity index (χ4n) is 4.06. The molecule has 1 amide bonds. The van der Waals surface area contributed by atoms with E-state index in [4.69, 9.17) is 17.3 Å². The Labute approximate surface area is 165 Å². The maximum atomic E-state index is 14.2. The van der Waals surface area contributed by atoms with E-state index in [1.165, 1.54) is 6.07 Å². The standard InChI is InChI=1S/C21H17ClFN3O2/c1-12-16(3-2-4-17(12)23)21(19(27)20(24)28)9-13-11-25-26(18(13)10-21)15-7-5-14(22)6-8-15/h2-8,11H,9-10H2,1H3,(H2,24,28)/t21-/m0/s1. The fraction of sp³-hybridized carbons (Fsp3) is 0.190. The molecule has 28 heavy (non-hydrogen) atoms. The molecule has 0 saturated carbocycles. The molecule has 7 heteroatoms. The van der Waals surface area contributed by atoms with Crippen LogP contribution in [0.1, 0.15) is 22.4 Å². The Morgan fingerprint density at radius 1 is 1.18 bits per heavy atom. The van der Waals surface area contributed by atoms with Gasteiger partial charge >= 0.3 is 0 Å². The molecular weight excluding hydrogens is 381 g/mol. The van der Waals surface area contributed by atoms with Crippen LogP contribution in [0, 0.1) is 12.7 Å². The Morgan fingerprint density at radius 2 is 1.89 bits per heavy atom. The Kier molecular flexibility index (Phi) is 4.31. The smallest absolute Gasteiger partial charge is 0.285 e. The zero-order chi connectivity index (χ0) is 20.1. The number of amides is 1. The van der Waals surface area contributed by atoms with Crippen molar-refractivity contribution in [3.8, 4) is 5.69 Å². The summed E-state index contributed by atoms with van der Waals surface area (Å²) in [6.45, 7) is 1.61. The molecular formula is C21H17ClFN3O2. The largest absolute Gasteiger partial charge is 0.363 e. The molecule has 0 aliphatic heterocycles. The highest BCUT2D eigenvalue weighted by atomic mass is 35.5. The molecule has 0 spiro atoms. The van der Waals surface area contributed by atoms with Crippen molar-refractivity contribution in [2.45, 2.75) is 25.2 Å². The van der Waals surface area contributed by atoms with Crippen LogP contribution in [0.4, 0.5) is 4.39 Å². The predicted molar refractivity (Wildman–Crippen MR) is 103 cm³/mol. The van der Waals surface area contributed by atoms with E-state index in [0.29, 0.717) is 16.1 Å². The molecule has 0 bridgehead atoms. The zero-order valence-electron chi connectivity index (χ0n) is 15.1. The van der Waals surface area contributed by atoms with E-state index < -0.39 is 22.9 Å². The quantitative estimate of drug-likeness (QED) is 0.687. The average molecular weight is 398 g/mol. The molecule has 0 unspecified atom stereocenters. The lowest BCUT2D eigenvalue weighted by atomic mass is 9.72. The number of aromatic nitrogens is 2. The molecule has 3 aromatic rings. The summed E-state index contributed by atoms with van der Waals surface area (Å²) in [4.78, 5) is 24.8. The van der Waals surface area contributed by atoms with Gasteiger partial charge in [-0.05, 0) is 60.4 Å². The zero-order valence-corrected chi connectivity index (χ0v) is 15.8. The molecule has 1 atom stereocenters. The number of fused-ring (bicyclic) bond motifs is 1. The van der Waals surface area contributed by atoms with Crippen molar-refractivity contribution < 1.29 is 14.0 Å². The van der Waals surface area contributed by atoms with Gasteiger partial charge in [-0.1, -0.05) is 23.7 Å². The second kappa shape index (κ2) is 6.56. The number of nitrogens with two attached hydrogens (primary N) is 1. The van der Waals surface area contributed by atoms with Crippen molar-refractivity contribution in [2.24, 2.45) is 5.73 Å². The maximum absolute atomic E-state index is 14.2. The first-order valence-electron chi connectivity index (χ1n) is 8.75. The van der Waals surface area contributed by atoms with Gasteiger partial charge in [-0.15, -0.1) is 0 Å². The van der Waals surface area contributed by atoms with Crippen molar-refractivity contribution in [1.29, 1.82) is 0 Å². The molecule has 1 aliphatic carbocycles. The van der Waals surface area contributed by atoms with E-state index in [2.05, 4.69) is 5.10 Å². The number of carbonyl (C=O) groups is 2. The Hall–Kier alpha value is -2.99. The summed E-state index contributed by atoms with van der Waals surface area (Å²) < 4.78 is 16.0. The van der Waals surface area contributed by atoms with Gasteiger partial charge in [0.1, 0.15) is 5.82 Å². The molecule has 2 N–H and O–H groups in total. The molecule has 4 rings (SSSR count). The van der Waals surface area contributed by atoms with Crippen LogP contribution in [0.2, 0.25) is 5.02 Å². The van der Waals surface area contributed by atoms with E-state index >= 15 is 0 Å². The Balaban J connectivity index is 1.86. The number of hydrogen-bond donors (Lipinski definition) is 1. The molecule has 5 nitrogen and oxygen atoms in total. The minimum Gasteiger partial charge on any atom is -0.363 e. The van der Waals surface area contributed by atoms with Crippen LogP contribution in [0.5, 0.6) is 0 Å². The third-order valence-electron chi connectivity index (χ3n) is 5.43. The number of halogens is 2. The lowest BCUT2D eigenvalue weighted by molar-refractivity contribution is -0.139. The molecule has 0 radical (unpaired) electrons. The van der Waals surface area contributed by atoms with Gasteiger partial charge < -0.3 is 5.73 Å². The van der Waals surface area contributed by atoms with Gasteiger partial charge in [0.15, 0.2) is 0 Å². The van der Waals surface area contributed by atoms with E-state index in [1.807, 2.05) is 12.1 Å². The van der Waals surface area contributed by atoms with Gasteiger partial charge in [0.2, 0.25) is 5.78 Å². The van der Waals surface area contributed by atoms with E-state index in [-0.39, 0.29) is 12.8 Å². The predicted octanol–water partition coefficient (Wildman–Crippen LogP) is 3.06. The number of carbonyl (C=O) groups excluding carboxylic acids is 2. The highest BCUT2D eigenvalue weighted by molar-refractivity contribution is 6.39. The molecule has 0 saturated heterocycles. The maximum Gasteiger partial charge on any atom is 0.285 e. The SMILES string of the molecule is Cc1c(F)cccc1[C@]1(C(=O)C(N)=O)Cc2cnn(-c3ccc(Cl)cc3)c2C1. The van der Waals surface area contributed by atoms with Crippen LogP contribution in [0.15, 0.2) is 48.7 Å². The third-order valence-corrected chi connectivity index (χ3v) is 5.68. The lowest BCUT2D eigenvalue weighted by Gasteiger charge is -2.28. The topological polar surface area (TPSA) is 78.0 Å². The minimum atomic E-state index is -1.24. The monoisotopic (exact) mass is 397 g/mol. The van der Waals surface area contributed by atoms with Crippen LogP contribution >= 0.6 is 11.6 Å². The van der Waals surface area contributed by atoms with Gasteiger partial charge in [0.25, 0.3) is 5.91 Å². The summed E-state index contributed by atoms with van der Waals surface area (Å²) in [5.74, 6) is -2.18. The van der Waals surface area contributed by atoms with Crippen LogP contribution in [-0.2, 0) is 27.8 Å². The average Bonchev–Trinajstić information content (AvgIpc) is 3.22. The van der Waals surface area contributed by atoms with Crippen molar-refractivity contribution in [3.63, 3.8) is 0 Å². The second-order valence-corrected chi connectivity index (χ2v) is 7.48. The first kappa shape index (κ1) is 18.4. The minimum absolute atomic E-state index is 0.205. The van der Waals surface area contributed by atoms with E-state index in [9.17, 15) is 14.0 Å². The summed E-state index contributed by atoms with van der Waals surface area (Å²) in [7, 11) is 0. The van der Waals surface area contributed by atoms with Gasteiger partial charge in [0.05, 0.1) is 17.3 Å². The van der Waals surface area contributed by atoms with Crippen LogP contribution in [0.3, 0.4) is 0 Å². The van der Waals surface area contributed by atoms with E-state index in [1.54, 1.807) is 42.1 Å². The summed E-state index contributed by atoms with van der Waals surface area (Å²) in [6, 6.07) is 11.7. The number of ketones is 1. The van der Waals surface area contributed by atoms with Gasteiger partial charge in [-0.3, -0.25) is 9.59 Å². The number of hydrogen-bond acceptors (Lipinski definition) is 3. The molecule has 0 fully saturated rings. The molecule has 1 aliphatic rings. The molecule has 1 heterocycles. The van der Waals surface area contributed by atoms with Crippen molar-refractivity contribution >= 4 is 23.3 Å². The molecule has 1 aromatic heterocycles. The molecule has 142 valence electrons. The number of nitrogens with zero attached hydrogens (tertiary/aromatic N) is 2. The number of benzene rings is 2. The number of Topliss-reactive ketones (excluding diaryl/α,β-unsaturated/α-hetero) is 1. The number of primary amides is 1. The lowest BCUT2D eigenvalue weighted by Crippen LogP contribution is -2.45.